The highest BCUT2D eigenvalue weighted by atomic mass is 79.9. The molecule has 1 saturated heterocycles. The summed E-state index contributed by atoms with van der Waals surface area (Å²) >= 11 is 3.33. The number of amides is 1. The zero-order valence-electron chi connectivity index (χ0n) is 9.51. The average Bonchev–Trinajstić information content (AvgIpc) is 2.31. The molecule has 0 bridgehead atoms. The third kappa shape index (κ3) is 3.01. The van der Waals surface area contributed by atoms with Gasteiger partial charge in [0.2, 0.25) is 0 Å². The van der Waals surface area contributed by atoms with Crippen LogP contribution in [0.4, 0.5) is 10.5 Å². The van der Waals surface area contributed by atoms with Crippen molar-refractivity contribution in [3.63, 3.8) is 0 Å². The van der Waals surface area contributed by atoms with Gasteiger partial charge in [0.25, 0.3) is 0 Å². The summed E-state index contributed by atoms with van der Waals surface area (Å²) < 4.78 is 5.86. The largest absolute Gasteiger partial charge is 0.481 e. The molecular weight excluding hydrogens is 302 g/mol. The summed E-state index contributed by atoms with van der Waals surface area (Å²) in [5, 5.41) is 8.77. The topological polar surface area (TPSA) is 66.8 Å². The fourth-order valence-corrected chi connectivity index (χ4v) is 2.26. The van der Waals surface area contributed by atoms with Gasteiger partial charge in [0.15, 0.2) is 0 Å². The minimum absolute atomic E-state index is 0.00220. The normalized spacial score (nSPS) is 19.5. The first kappa shape index (κ1) is 12.9. The van der Waals surface area contributed by atoms with Crippen molar-refractivity contribution in [1.29, 1.82) is 0 Å². The first-order chi connectivity index (χ1) is 8.56. The zero-order valence-corrected chi connectivity index (χ0v) is 11.1. The number of carbonyl (C=O) groups is 2. The quantitative estimate of drug-likeness (QED) is 0.931. The van der Waals surface area contributed by atoms with E-state index in [2.05, 4.69) is 15.9 Å². The van der Waals surface area contributed by atoms with Crippen molar-refractivity contribution in [2.75, 3.05) is 18.1 Å². The minimum Gasteiger partial charge on any atom is -0.481 e. The van der Waals surface area contributed by atoms with E-state index >= 15 is 0 Å². The van der Waals surface area contributed by atoms with Crippen LogP contribution >= 0.6 is 15.9 Å². The summed E-state index contributed by atoms with van der Waals surface area (Å²) in [5.74, 6) is -1.06. The maximum absolute atomic E-state index is 11.7. The van der Waals surface area contributed by atoms with Gasteiger partial charge < -0.3 is 9.84 Å². The van der Waals surface area contributed by atoms with Crippen molar-refractivity contribution >= 4 is 33.7 Å². The van der Waals surface area contributed by atoms with Gasteiger partial charge in [0, 0.05) is 22.6 Å². The van der Waals surface area contributed by atoms with Crippen molar-refractivity contribution in [2.45, 2.75) is 6.42 Å². The molecule has 1 aliphatic rings. The molecule has 1 atom stereocenters. The van der Waals surface area contributed by atoms with Crippen LogP contribution in [-0.4, -0.2) is 30.3 Å². The number of ether oxygens (including phenoxy) is 1. The maximum atomic E-state index is 11.7. The van der Waals surface area contributed by atoms with Gasteiger partial charge in [0.1, 0.15) is 0 Å². The lowest BCUT2D eigenvalue weighted by atomic mass is 10.0. The molecule has 1 amide bonds. The molecule has 1 N–H and O–H groups in total. The monoisotopic (exact) mass is 313 g/mol. The van der Waals surface area contributed by atoms with Gasteiger partial charge >= 0.3 is 12.1 Å². The Morgan fingerprint density at radius 1 is 1.56 bits per heavy atom. The lowest BCUT2D eigenvalue weighted by Crippen LogP contribution is -2.43. The summed E-state index contributed by atoms with van der Waals surface area (Å²) in [6, 6.07) is 7.25. The Bertz CT molecular complexity index is 477. The molecule has 1 aliphatic heterocycles. The van der Waals surface area contributed by atoms with E-state index in [9.17, 15) is 9.59 Å². The molecule has 2 rings (SSSR count). The van der Waals surface area contributed by atoms with Crippen LogP contribution in [0.25, 0.3) is 0 Å². The van der Waals surface area contributed by atoms with Crippen LogP contribution in [0.2, 0.25) is 0 Å². The molecule has 6 heteroatoms. The number of carboxylic acid groups (broad SMARTS) is 1. The van der Waals surface area contributed by atoms with E-state index in [1.165, 1.54) is 4.90 Å². The van der Waals surface area contributed by atoms with Crippen LogP contribution < -0.4 is 4.90 Å². The van der Waals surface area contributed by atoms with Gasteiger partial charge in [-0.15, -0.1) is 0 Å². The highest BCUT2D eigenvalue weighted by Crippen LogP contribution is 2.25. The summed E-state index contributed by atoms with van der Waals surface area (Å²) in [6.45, 7) is 0.525. The van der Waals surface area contributed by atoms with E-state index in [4.69, 9.17) is 9.84 Å². The lowest BCUT2D eigenvalue weighted by Gasteiger charge is -2.31. The number of hydrogen-bond acceptors (Lipinski definition) is 3. The third-order valence-electron chi connectivity index (χ3n) is 2.69. The summed E-state index contributed by atoms with van der Waals surface area (Å²) in [5.41, 5.74) is 0.699. The average molecular weight is 314 g/mol. The summed E-state index contributed by atoms with van der Waals surface area (Å²) in [6.07, 6.45) is -0.438. The second-order valence-corrected chi connectivity index (χ2v) is 5.05. The van der Waals surface area contributed by atoms with Crippen molar-refractivity contribution in [2.24, 2.45) is 5.92 Å². The molecule has 1 heterocycles. The van der Waals surface area contributed by atoms with Gasteiger partial charge in [-0.25, -0.2) is 4.79 Å². The number of carbonyl (C=O) groups excluding carboxylic acids is 1. The van der Waals surface area contributed by atoms with Crippen molar-refractivity contribution in [1.82, 2.24) is 0 Å². The molecule has 0 aromatic heterocycles. The molecule has 0 spiro atoms. The predicted octanol–water partition coefficient (Wildman–Crippen LogP) is 2.50. The molecule has 1 fully saturated rings. The first-order valence-electron chi connectivity index (χ1n) is 5.48. The van der Waals surface area contributed by atoms with Gasteiger partial charge in [-0.1, -0.05) is 22.0 Å². The van der Waals surface area contributed by atoms with E-state index < -0.39 is 12.1 Å². The number of nitrogens with zero attached hydrogens (tertiary/aromatic N) is 1. The predicted molar refractivity (Wildman–Crippen MR) is 68.6 cm³/mol. The SMILES string of the molecule is O=C(O)CC1COC(=O)N(c2cccc(Br)c2)C1. The van der Waals surface area contributed by atoms with Gasteiger partial charge in [-0.2, -0.15) is 0 Å². The third-order valence-corrected chi connectivity index (χ3v) is 3.18. The van der Waals surface area contributed by atoms with Crippen LogP contribution in [0, 0.1) is 5.92 Å². The molecular formula is C12H12BrNO4. The highest BCUT2D eigenvalue weighted by molar-refractivity contribution is 9.10. The van der Waals surface area contributed by atoms with Gasteiger partial charge in [-0.05, 0) is 18.2 Å². The molecule has 1 aromatic rings. The van der Waals surface area contributed by atoms with Crippen LogP contribution in [0.15, 0.2) is 28.7 Å². The molecule has 1 aromatic carbocycles. The molecule has 0 saturated carbocycles. The fraction of sp³-hybridized carbons (Fsp3) is 0.333. The van der Waals surface area contributed by atoms with Crippen molar-refractivity contribution in [3.05, 3.63) is 28.7 Å². The highest BCUT2D eigenvalue weighted by Gasteiger charge is 2.29. The number of anilines is 1. The van der Waals surface area contributed by atoms with Crippen LogP contribution in [-0.2, 0) is 9.53 Å². The Morgan fingerprint density at radius 3 is 3.00 bits per heavy atom. The van der Waals surface area contributed by atoms with Crippen LogP contribution in [0.5, 0.6) is 0 Å². The molecule has 1 unspecified atom stereocenters. The molecule has 18 heavy (non-hydrogen) atoms. The number of hydrogen-bond donors (Lipinski definition) is 1. The van der Waals surface area contributed by atoms with E-state index in [1.54, 1.807) is 12.1 Å². The maximum Gasteiger partial charge on any atom is 0.414 e. The Hall–Kier alpha value is -1.56. The number of cyclic esters (lactones) is 1. The Kier molecular flexibility index (Phi) is 3.86. The number of carboxylic acids is 1. The molecule has 96 valence electrons. The summed E-state index contributed by atoms with van der Waals surface area (Å²) in [4.78, 5) is 23.8. The van der Waals surface area contributed by atoms with Crippen molar-refractivity contribution in [3.8, 4) is 0 Å². The number of rotatable bonds is 3. The Labute approximate surface area is 112 Å². The fourth-order valence-electron chi connectivity index (χ4n) is 1.88. The number of halogens is 1. The van der Waals surface area contributed by atoms with E-state index in [-0.39, 0.29) is 18.9 Å². The lowest BCUT2D eigenvalue weighted by molar-refractivity contribution is -0.138. The zero-order chi connectivity index (χ0) is 13.1. The van der Waals surface area contributed by atoms with Crippen molar-refractivity contribution < 1.29 is 19.4 Å². The van der Waals surface area contributed by atoms with Crippen LogP contribution in [0.1, 0.15) is 6.42 Å². The number of aliphatic carboxylic acids is 1. The minimum atomic E-state index is -0.882. The van der Waals surface area contributed by atoms with E-state index in [1.807, 2.05) is 12.1 Å². The summed E-state index contributed by atoms with van der Waals surface area (Å²) in [7, 11) is 0. The smallest absolute Gasteiger partial charge is 0.414 e. The second kappa shape index (κ2) is 5.39. The Morgan fingerprint density at radius 2 is 2.33 bits per heavy atom. The molecule has 5 nitrogen and oxygen atoms in total. The van der Waals surface area contributed by atoms with Crippen LogP contribution in [0.3, 0.4) is 0 Å². The number of benzene rings is 1. The molecule has 0 aliphatic carbocycles. The van der Waals surface area contributed by atoms with Gasteiger partial charge in [-0.3, -0.25) is 9.69 Å². The second-order valence-electron chi connectivity index (χ2n) is 4.13. The van der Waals surface area contributed by atoms with E-state index in [0.29, 0.717) is 12.2 Å². The first-order valence-corrected chi connectivity index (χ1v) is 6.27. The standard InChI is InChI=1S/C12H12BrNO4/c13-9-2-1-3-10(5-9)14-6-8(4-11(15)16)7-18-12(14)17/h1-3,5,8H,4,6-7H2,(H,15,16). The van der Waals surface area contributed by atoms with E-state index in [0.717, 1.165) is 4.47 Å². The van der Waals surface area contributed by atoms with Gasteiger partial charge in [0.05, 0.1) is 13.0 Å². The molecule has 0 radical (unpaired) electrons. The Balaban J connectivity index is 2.15.